The largest absolute Gasteiger partial charge is 0.355 e. The molecule has 0 aliphatic heterocycles. The van der Waals surface area contributed by atoms with Gasteiger partial charge < -0.3 is 10.6 Å². The molecule has 3 N–H and O–H groups in total. The summed E-state index contributed by atoms with van der Waals surface area (Å²) in [6.45, 7) is 5.87. The smallest absolute Gasteiger partial charge is 0.234 e. The Balaban J connectivity index is 0.00000529. The number of sulfonamides is 1. The van der Waals surface area contributed by atoms with E-state index < -0.39 is 15.8 Å². The Labute approximate surface area is 160 Å². The molecule has 9 heteroatoms. The lowest BCUT2D eigenvalue weighted by Gasteiger charge is -2.16. The zero-order chi connectivity index (χ0) is 17.5. The molecule has 1 rings (SSSR count). The van der Waals surface area contributed by atoms with Gasteiger partial charge in [-0.25, -0.2) is 12.8 Å². The zero-order valence-electron chi connectivity index (χ0n) is 14.4. The van der Waals surface area contributed by atoms with Gasteiger partial charge in [0.2, 0.25) is 10.0 Å². The van der Waals surface area contributed by atoms with Crippen molar-refractivity contribution in [1.29, 1.82) is 0 Å². The first kappa shape index (κ1) is 22.9. The van der Waals surface area contributed by atoms with Gasteiger partial charge in [0.25, 0.3) is 0 Å². The van der Waals surface area contributed by atoms with E-state index in [1.54, 1.807) is 14.0 Å². The van der Waals surface area contributed by atoms with E-state index in [0.29, 0.717) is 11.5 Å². The molecular weight excluding hydrogens is 446 g/mol. The Morgan fingerprint density at radius 2 is 2.04 bits per heavy atom. The minimum absolute atomic E-state index is 0. The SMILES string of the molecule is CCC(C)NC(=NC)NCCS(=O)(=O)Nc1ccc(C)c(F)c1.I. The van der Waals surface area contributed by atoms with Gasteiger partial charge in [-0.1, -0.05) is 13.0 Å². The second-order valence-electron chi connectivity index (χ2n) is 5.34. The molecule has 1 unspecified atom stereocenters. The number of benzene rings is 1. The molecule has 0 bridgehead atoms. The molecule has 0 radical (unpaired) electrons. The average Bonchev–Trinajstić information content (AvgIpc) is 2.49. The lowest BCUT2D eigenvalue weighted by Crippen LogP contribution is -2.43. The van der Waals surface area contributed by atoms with Crippen molar-refractivity contribution in [2.45, 2.75) is 33.2 Å². The molecule has 24 heavy (non-hydrogen) atoms. The van der Waals surface area contributed by atoms with Gasteiger partial charge >= 0.3 is 0 Å². The van der Waals surface area contributed by atoms with Crippen LogP contribution >= 0.6 is 24.0 Å². The Morgan fingerprint density at radius 1 is 1.38 bits per heavy atom. The summed E-state index contributed by atoms with van der Waals surface area (Å²) in [5, 5.41) is 6.08. The van der Waals surface area contributed by atoms with Crippen molar-refractivity contribution in [3.05, 3.63) is 29.6 Å². The molecular formula is C15H26FIN4O2S. The van der Waals surface area contributed by atoms with Crippen LogP contribution in [-0.4, -0.2) is 39.8 Å². The average molecular weight is 472 g/mol. The highest BCUT2D eigenvalue weighted by molar-refractivity contribution is 14.0. The van der Waals surface area contributed by atoms with Gasteiger partial charge in [-0.2, -0.15) is 0 Å². The summed E-state index contributed by atoms with van der Waals surface area (Å²) in [4.78, 5) is 4.03. The molecule has 1 atom stereocenters. The first-order valence-corrected chi connectivity index (χ1v) is 9.16. The summed E-state index contributed by atoms with van der Waals surface area (Å²) in [5.41, 5.74) is 0.685. The molecule has 6 nitrogen and oxygen atoms in total. The highest BCUT2D eigenvalue weighted by atomic mass is 127. The van der Waals surface area contributed by atoms with Crippen molar-refractivity contribution in [3.63, 3.8) is 0 Å². The van der Waals surface area contributed by atoms with Crippen molar-refractivity contribution in [3.8, 4) is 0 Å². The third kappa shape index (κ3) is 8.13. The Bertz CT molecular complexity index is 653. The first-order chi connectivity index (χ1) is 10.8. The summed E-state index contributed by atoms with van der Waals surface area (Å²) >= 11 is 0. The second-order valence-corrected chi connectivity index (χ2v) is 7.18. The number of rotatable bonds is 7. The third-order valence-corrected chi connectivity index (χ3v) is 4.62. The maximum Gasteiger partial charge on any atom is 0.234 e. The number of anilines is 1. The summed E-state index contributed by atoms with van der Waals surface area (Å²) in [7, 11) is -1.94. The molecule has 1 aromatic rings. The summed E-state index contributed by atoms with van der Waals surface area (Å²) in [6.07, 6.45) is 0.930. The van der Waals surface area contributed by atoms with Crippen LogP contribution in [0, 0.1) is 12.7 Å². The number of guanidine groups is 1. The Morgan fingerprint density at radius 3 is 2.58 bits per heavy atom. The fraction of sp³-hybridized carbons (Fsp3) is 0.533. The summed E-state index contributed by atoms with van der Waals surface area (Å²) < 4.78 is 39.8. The molecule has 0 aliphatic rings. The monoisotopic (exact) mass is 472 g/mol. The lowest BCUT2D eigenvalue weighted by atomic mass is 10.2. The molecule has 138 valence electrons. The lowest BCUT2D eigenvalue weighted by molar-refractivity contribution is 0.598. The minimum Gasteiger partial charge on any atom is -0.355 e. The van der Waals surface area contributed by atoms with E-state index in [1.807, 2.05) is 13.8 Å². The van der Waals surface area contributed by atoms with E-state index >= 15 is 0 Å². The molecule has 0 fully saturated rings. The molecule has 0 aliphatic carbocycles. The van der Waals surface area contributed by atoms with Crippen LogP contribution in [0.25, 0.3) is 0 Å². The molecule has 0 spiro atoms. The van der Waals surface area contributed by atoms with Crippen LogP contribution in [0.3, 0.4) is 0 Å². The van der Waals surface area contributed by atoms with Crippen molar-refractivity contribution in [2.75, 3.05) is 24.1 Å². The van der Waals surface area contributed by atoms with E-state index in [-0.39, 0.29) is 48.0 Å². The molecule has 0 aromatic heterocycles. The predicted octanol–water partition coefficient (Wildman–Crippen LogP) is 2.46. The van der Waals surface area contributed by atoms with Gasteiger partial charge in [-0.05, 0) is 38.0 Å². The summed E-state index contributed by atoms with van der Waals surface area (Å²) in [5.74, 6) is -0.0404. The second kappa shape index (κ2) is 10.7. The maximum atomic E-state index is 13.4. The molecule has 0 saturated heterocycles. The number of nitrogens with zero attached hydrogens (tertiary/aromatic N) is 1. The molecule has 0 amide bonds. The van der Waals surface area contributed by atoms with E-state index in [4.69, 9.17) is 0 Å². The number of aliphatic imine (C=N–C) groups is 1. The molecule has 0 saturated carbocycles. The van der Waals surface area contributed by atoms with Gasteiger partial charge in [-0.3, -0.25) is 9.71 Å². The van der Waals surface area contributed by atoms with E-state index in [9.17, 15) is 12.8 Å². The Hall–Kier alpha value is -1.10. The van der Waals surface area contributed by atoms with Crippen molar-refractivity contribution >= 4 is 45.6 Å². The van der Waals surface area contributed by atoms with Crippen LogP contribution < -0.4 is 15.4 Å². The van der Waals surface area contributed by atoms with Crippen molar-refractivity contribution in [2.24, 2.45) is 4.99 Å². The van der Waals surface area contributed by atoms with Gasteiger partial charge in [0.15, 0.2) is 5.96 Å². The van der Waals surface area contributed by atoms with Crippen LogP contribution in [0.2, 0.25) is 0 Å². The van der Waals surface area contributed by atoms with E-state index in [0.717, 1.165) is 6.42 Å². The highest BCUT2D eigenvalue weighted by Crippen LogP contribution is 2.14. The third-order valence-electron chi connectivity index (χ3n) is 3.33. The fourth-order valence-corrected chi connectivity index (χ4v) is 2.68. The fourth-order valence-electron chi connectivity index (χ4n) is 1.72. The van der Waals surface area contributed by atoms with Crippen LogP contribution in [0.4, 0.5) is 10.1 Å². The van der Waals surface area contributed by atoms with Crippen LogP contribution in [0.5, 0.6) is 0 Å². The van der Waals surface area contributed by atoms with Crippen molar-refractivity contribution in [1.82, 2.24) is 10.6 Å². The number of nitrogens with one attached hydrogen (secondary N) is 3. The standard InChI is InChI=1S/C15H25FN4O2S.HI/c1-5-12(3)19-15(17-4)18-8-9-23(21,22)20-13-7-6-11(2)14(16)10-13;/h6-7,10,12,20H,5,8-9H2,1-4H3,(H2,17,18,19);1H. The predicted molar refractivity (Wildman–Crippen MR) is 108 cm³/mol. The van der Waals surface area contributed by atoms with Gasteiger partial charge in [0, 0.05) is 19.6 Å². The van der Waals surface area contributed by atoms with Crippen LogP contribution in [0.1, 0.15) is 25.8 Å². The van der Waals surface area contributed by atoms with E-state index in [2.05, 4.69) is 20.3 Å². The molecule has 1 aromatic carbocycles. The summed E-state index contributed by atoms with van der Waals surface area (Å²) in [6, 6.07) is 4.48. The maximum absolute atomic E-state index is 13.4. The molecule has 0 heterocycles. The van der Waals surface area contributed by atoms with Gasteiger partial charge in [0.05, 0.1) is 11.4 Å². The van der Waals surface area contributed by atoms with Crippen LogP contribution in [0.15, 0.2) is 23.2 Å². The topological polar surface area (TPSA) is 82.6 Å². The first-order valence-electron chi connectivity index (χ1n) is 7.51. The van der Waals surface area contributed by atoms with Crippen LogP contribution in [-0.2, 0) is 10.0 Å². The van der Waals surface area contributed by atoms with Gasteiger partial charge in [0.1, 0.15) is 5.82 Å². The number of halogens is 2. The number of aryl methyl sites for hydroxylation is 1. The minimum atomic E-state index is -3.56. The zero-order valence-corrected chi connectivity index (χ0v) is 17.5. The highest BCUT2D eigenvalue weighted by Gasteiger charge is 2.12. The Kier molecular flexibility index (Phi) is 10.2. The van der Waals surface area contributed by atoms with E-state index in [1.165, 1.54) is 18.2 Å². The van der Waals surface area contributed by atoms with Gasteiger partial charge in [-0.15, -0.1) is 24.0 Å². The quantitative estimate of drug-likeness (QED) is 0.324. The van der Waals surface area contributed by atoms with Crippen molar-refractivity contribution < 1.29 is 12.8 Å². The normalized spacial score (nSPS) is 13.0. The number of hydrogen-bond acceptors (Lipinski definition) is 3. The number of hydrogen-bond donors (Lipinski definition) is 3.